The fraction of sp³-hybridized carbons (Fsp3) is 0.143. The lowest BCUT2D eigenvalue weighted by atomic mass is 10.0. The lowest BCUT2D eigenvalue weighted by Crippen LogP contribution is -2.02. The number of nitrogens with two attached hydrogens (primary N) is 1. The van der Waals surface area contributed by atoms with E-state index in [2.05, 4.69) is 0 Å². The maximum absolute atomic E-state index is 13.2. The average molecular weight is 268 g/mol. The normalized spacial score (nSPS) is 10.7. The van der Waals surface area contributed by atoms with E-state index in [9.17, 15) is 8.78 Å². The third-order valence-corrected chi connectivity index (χ3v) is 3.02. The van der Waals surface area contributed by atoms with Crippen LogP contribution in [0.25, 0.3) is 11.1 Å². The summed E-state index contributed by atoms with van der Waals surface area (Å²) in [6, 6.07) is 9.20. The van der Waals surface area contributed by atoms with Gasteiger partial charge in [-0.25, -0.2) is 8.78 Å². The monoisotopic (exact) mass is 267 g/mol. The van der Waals surface area contributed by atoms with Gasteiger partial charge in [-0.2, -0.15) is 0 Å². The molecule has 0 fully saturated rings. The molecule has 0 saturated heterocycles. The molecule has 0 aliphatic heterocycles. The Bertz CT molecular complexity index is 570. The van der Waals surface area contributed by atoms with E-state index in [-0.39, 0.29) is 0 Å². The zero-order chi connectivity index (χ0) is 13.1. The number of benzene rings is 2. The highest BCUT2D eigenvalue weighted by Crippen LogP contribution is 2.30. The van der Waals surface area contributed by atoms with Crippen molar-refractivity contribution in [2.45, 2.75) is 6.42 Å². The molecule has 4 heteroatoms. The molecule has 2 rings (SSSR count). The molecule has 0 aromatic heterocycles. The van der Waals surface area contributed by atoms with Crippen molar-refractivity contribution in [3.05, 3.63) is 58.6 Å². The Morgan fingerprint density at radius 3 is 2.44 bits per heavy atom. The van der Waals surface area contributed by atoms with Gasteiger partial charge in [-0.3, -0.25) is 0 Å². The van der Waals surface area contributed by atoms with Crippen LogP contribution in [-0.2, 0) is 6.42 Å². The van der Waals surface area contributed by atoms with E-state index in [4.69, 9.17) is 17.3 Å². The standard InChI is InChI=1S/C14H12ClF2N/c15-12-3-1-9(5-6-18)7-11(12)10-2-4-13(16)14(17)8-10/h1-4,7-8H,5-6,18H2. The molecule has 0 radical (unpaired) electrons. The average Bonchev–Trinajstić information content (AvgIpc) is 2.35. The third-order valence-electron chi connectivity index (χ3n) is 2.69. The maximum Gasteiger partial charge on any atom is 0.159 e. The Hall–Kier alpha value is -1.45. The van der Waals surface area contributed by atoms with Gasteiger partial charge in [-0.05, 0) is 48.4 Å². The third kappa shape index (κ3) is 2.68. The first-order valence-electron chi connectivity index (χ1n) is 5.55. The molecule has 0 aliphatic carbocycles. The fourth-order valence-electron chi connectivity index (χ4n) is 1.78. The van der Waals surface area contributed by atoms with Crippen molar-refractivity contribution in [1.82, 2.24) is 0 Å². The Labute approximate surface area is 109 Å². The van der Waals surface area contributed by atoms with Crippen LogP contribution in [0.4, 0.5) is 8.78 Å². The van der Waals surface area contributed by atoms with Crippen LogP contribution in [0.5, 0.6) is 0 Å². The molecule has 94 valence electrons. The summed E-state index contributed by atoms with van der Waals surface area (Å²) in [4.78, 5) is 0. The van der Waals surface area contributed by atoms with Crippen molar-refractivity contribution in [3.8, 4) is 11.1 Å². The quantitative estimate of drug-likeness (QED) is 0.900. The molecule has 0 unspecified atom stereocenters. The van der Waals surface area contributed by atoms with Crippen molar-refractivity contribution in [2.75, 3.05) is 6.54 Å². The molecule has 0 amide bonds. The van der Waals surface area contributed by atoms with Crippen LogP contribution < -0.4 is 5.73 Å². The molecule has 0 spiro atoms. The first kappa shape index (κ1) is 13.0. The molecule has 0 bridgehead atoms. The van der Waals surface area contributed by atoms with Gasteiger partial charge < -0.3 is 5.73 Å². The highest BCUT2D eigenvalue weighted by atomic mass is 35.5. The topological polar surface area (TPSA) is 26.0 Å². The summed E-state index contributed by atoms with van der Waals surface area (Å²) in [5.41, 5.74) is 7.74. The van der Waals surface area contributed by atoms with Crippen LogP contribution in [0.3, 0.4) is 0 Å². The van der Waals surface area contributed by atoms with Gasteiger partial charge in [-0.1, -0.05) is 23.7 Å². The molecule has 0 atom stereocenters. The Kier molecular flexibility index (Phi) is 3.94. The summed E-state index contributed by atoms with van der Waals surface area (Å²) in [5.74, 6) is -1.75. The lowest BCUT2D eigenvalue weighted by Gasteiger charge is -2.08. The summed E-state index contributed by atoms with van der Waals surface area (Å²) in [7, 11) is 0. The van der Waals surface area contributed by atoms with Crippen LogP contribution in [0.2, 0.25) is 5.02 Å². The minimum Gasteiger partial charge on any atom is -0.330 e. The Morgan fingerprint density at radius 1 is 1.00 bits per heavy atom. The summed E-state index contributed by atoms with van der Waals surface area (Å²) in [5, 5.41) is 0.502. The molecule has 1 nitrogen and oxygen atoms in total. The minimum atomic E-state index is -0.882. The Balaban J connectivity index is 2.48. The van der Waals surface area contributed by atoms with Crippen molar-refractivity contribution in [2.24, 2.45) is 5.73 Å². The first-order valence-corrected chi connectivity index (χ1v) is 5.93. The van der Waals surface area contributed by atoms with Gasteiger partial charge in [0.2, 0.25) is 0 Å². The van der Waals surface area contributed by atoms with Crippen LogP contribution in [-0.4, -0.2) is 6.54 Å². The summed E-state index contributed by atoms with van der Waals surface area (Å²) in [6.45, 7) is 0.527. The van der Waals surface area contributed by atoms with E-state index in [1.807, 2.05) is 12.1 Å². The number of rotatable bonds is 3. The van der Waals surface area contributed by atoms with E-state index in [0.717, 1.165) is 17.7 Å². The number of hydrogen-bond donors (Lipinski definition) is 1. The van der Waals surface area contributed by atoms with Crippen LogP contribution in [0.15, 0.2) is 36.4 Å². The van der Waals surface area contributed by atoms with Gasteiger partial charge in [0.05, 0.1) is 0 Å². The SMILES string of the molecule is NCCc1ccc(Cl)c(-c2ccc(F)c(F)c2)c1. The van der Waals surface area contributed by atoms with Gasteiger partial charge in [0, 0.05) is 10.6 Å². The van der Waals surface area contributed by atoms with Crippen molar-refractivity contribution >= 4 is 11.6 Å². The van der Waals surface area contributed by atoms with E-state index in [1.165, 1.54) is 6.07 Å². The van der Waals surface area contributed by atoms with Gasteiger partial charge in [0.15, 0.2) is 11.6 Å². The van der Waals surface area contributed by atoms with Crippen molar-refractivity contribution in [3.63, 3.8) is 0 Å². The van der Waals surface area contributed by atoms with E-state index < -0.39 is 11.6 Å². The second-order valence-corrected chi connectivity index (χ2v) is 4.39. The van der Waals surface area contributed by atoms with Gasteiger partial charge in [0.1, 0.15) is 0 Å². The van der Waals surface area contributed by atoms with Crippen LogP contribution in [0, 0.1) is 11.6 Å². The smallest absolute Gasteiger partial charge is 0.159 e. The highest BCUT2D eigenvalue weighted by molar-refractivity contribution is 6.33. The molecule has 0 saturated carbocycles. The van der Waals surface area contributed by atoms with Gasteiger partial charge >= 0.3 is 0 Å². The van der Waals surface area contributed by atoms with Gasteiger partial charge in [-0.15, -0.1) is 0 Å². The molecule has 0 aliphatic rings. The summed E-state index contributed by atoms with van der Waals surface area (Å²) in [6.07, 6.45) is 0.716. The van der Waals surface area contributed by atoms with Crippen molar-refractivity contribution in [1.29, 1.82) is 0 Å². The largest absolute Gasteiger partial charge is 0.330 e. The highest BCUT2D eigenvalue weighted by Gasteiger charge is 2.08. The minimum absolute atomic E-state index is 0.502. The second-order valence-electron chi connectivity index (χ2n) is 3.98. The predicted octanol–water partition coefficient (Wildman–Crippen LogP) is 3.79. The number of hydrogen-bond acceptors (Lipinski definition) is 1. The van der Waals surface area contributed by atoms with Crippen molar-refractivity contribution < 1.29 is 8.78 Å². The zero-order valence-electron chi connectivity index (χ0n) is 9.59. The molecule has 2 aromatic carbocycles. The van der Waals surface area contributed by atoms with E-state index in [1.54, 1.807) is 6.07 Å². The van der Waals surface area contributed by atoms with E-state index >= 15 is 0 Å². The molecule has 0 heterocycles. The summed E-state index contributed by atoms with van der Waals surface area (Å²) < 4.78 is 26.1. The molecule has 2 aromatic rings. The summed E-state index contributed by atoms with van der Waals surface area (Å²) >= 11 is 6.08. The molecule has 18 heavy (non-hydrogen) atoms. The predicted molar refractivity (Wildman–Crippen MR) is 69.6 cm³/mol. The number of halogens is 3. The zero-order valence-corrected chi connectivity index (χ0v) is 10.3. The fourth-order valence-corrected chi connectivity index (χ4v) is 2.01. The molecular weight excluding hydrogens is 256 g/mol. The lowest BCUT2D eigenvalue weighted by molar-refractivity contribution is 0.509. The Morgan fingerprint density at radius 2 is 1.78 bits per heavy atom. The molecular formula is C14H12ClF2N. The van der Waals surface area contributed by atoms with Crippen LogP contribution in [0.1, 0.15) is 5.56 Å². The second kappa shape index (κ2) is 5.46. The van der Waals surface area contributed by atoms with Crippen LogP contribution >= 0.6 is 11.6 Å². The van der Waals surface area contributed by atoms with Gasteiger partial charge in [0.25, 0.3) is 0 Å². The maximum atomic E-state index is 13.2. The van der Waals surface area contributed by atoms with E-state index in [0.29, 0.717) is 29.1 Å². The first-order chi connectivity index (χ1) is 8.61. The molecule has 2 N–H and O–H groups in total.